The molecule has 0 bridgehead atoms. The number of benzene rings is 3. The molecule has 9 nitrogen and oxygen atoms in total. The van der Waals surface area contributed by atoms with Crippen molar-refractivity contribution in [3.05, 3.63) is 102 Å². The minimum atomic E-state index is -4.47. The number of esters is 1. The highest BCUT2D eigenvalue weighted by atomic mass is 32.2. The molecular weight excluding hydrogens is 508 g/mol. The zero-order chi connectivity index (χ0) is 28.0. The predicted molar refractivity (Wildman–Crippen MR) is 141 cm³/mol. The van der Waals surface area contributed by atoms with Gasteiger partial charge in [-0.05, 0) is 50.6 Å². The lowest BCUT2D eigenvalue weighted by atomic mass is 9.73. The van der Waals surface area contributed by atoms with Crippen molar-refractivity contribution in [2.75, 3.05) is 6.61 Å². The van der Waals surface area contributed by atoms with Crippen molar-refractivity contribution >= 4 is 27.9 Å². The minimum absolute atomic E-state index is 0.124. The van der Waals surface area contributed by atoms with Crippen LogP contribution in [0.4, 0.5) is 0 Å². The lowest BCUT2D eigenvalue weighted by molar-refractivity contribution is -0.162. The van der Waals surface area contributed by atoms with Gasteiger partial charge in [-0.1, -0.05) is 66.2 Å². The Hall–Kier alpha value is -4.02. The highest BCUT2D eigenvalue weighted by Crippen LogP contribution is 2.32. The molecule has 3 aromatic carbocycles. The van der Waals surface area contributed by atoms with E-state index in [-0.39, 0.29) is 17.1 Å². The first-order valence-electron chi connectivity index (χ1n) is 11.9. The van der Waals surface area contributed by atoms with Crippen LogP contribution in [0.1, 0.15) is 35.3 Å². The molecule has 0 spiro atoms. The Labute approximate surface area is 221 Å². The van der Waals surface area contributed by atoms with Crippen molar-refractivity contribution in [1.82, 2.24) is 10.0 Å². The predicted octanol–water partition coefficient (Wildman–Crippen LogP) is 3.09. The summed E-state index contributed by atoms with van der Waals surface area (Å²) >= 11 is 0. The Morgan fingerprint density at radius 3 is 1.97 bits per heavy atom. The summed E-state index contributed by atoms with van der Waals surface area (Å²) in [5.74, 6) is -3.61. The average Bonchev–Trinajstić information content (AvgIpc) is 2.89. The normalized spacial score (nSPS) is 14.5. The molecule has 2 atom stereocenters. The molecule has 10 heteroatoms. The first kappa shape index (κ1) is 28.5. The highest BCUT2D eigenvalue weighted by Gasteiger charge is 2.62. The van der Waals surface area contributed by atoms with Crippen LogP contribution in [0.5, 0.6) is 0 Å². The Morgan fingerprint density at radius 1 is 0.895 bits per heavy atom. The van der Waals surface area contributed by atoms with Crippen LogP contribution in [0.3, 0.4) is 0 Å². The van der Waals surface area contributed by atoms with Crippen LogP contribution in [0.25, 0.3) is 0 Å². The fraction of sp³-hybridized carbons (Fsp3) is 0.250. The SMILES string of the molecule is CCOC(=O)[C@@](C)(NS(=O)(=O)c1ccc(C)cc1)C(Cc1ccccc1)(NC(=O)c1ccccc1)C(=O)O. The van der Waals surface area contributed by atoms with Gasteiger partial charge >= 0.3 is 11.9 Å². The topological polar surface area (TPSA) is 139 Å². The molecule has 3 aromatic rings. The van der Waals surface area contributed by atoms with Crippen molar-refractivity contribution < 1.29 is 32.6 Å². The summed E-state index contributed by atoms with van der Waals surface area (Å²) in [7, 11) is -4.47. The minimum Gasteiger partial charge on any atom is -0.479 e. The number of amides is 1. The van der Waals surface area contributed by atoms with Gasteiger partial charge in [0.15, 0.2) is 11.1 Å². The van der Waals surface area contributed by atoms with Crippen LogP contribution in [0.2, 0.25) is 0 Å². The van der Waals surface area contributed by atoms with Gasteiger partial charge in [-0.25, -0.2) is 18.0 Å². The van der Waals surface area contributed by atoms with Crippen LogP contribution in [0, 0.1) is 6.92 Å². The molecule has 0 aliphatic heterocycles. The van der Waals surface area contributed by atoms with E-state index in [9.17, 15) is 27.9 Å². The molecule has 1 unspecified atom stereocenters. The molecule has 1 amide bonds. The monoisotopic (exact) mass is 538 g/mol. The second kappa shape index (κ2) is 11.6. The van der Waals surface area contributed by atoms with E-state index in [1.54, 1.807) is 67.6 Å². The van der Waals surface area contributed by atoms with E-state index >= 15 is 0 Å². The highest BCUT2D eigenvalue weighted by molar-refractivity contribution is 7.89. The maximum Gasteiger partial charge on any atom is 0.332 e. The number of rotatable bonds is 11. The van der Waals surface area contributed by atoms with Gasteiger partial charge in [-0.2, -0.15) is 4.72 Å². The molecule has 0 heterocycles. The third-order valence-electron chi connectivity index (χ3n) is 6.25. The Morgan fingerprint density at radius 2 is 1.45 bits per heavy atom. The average molecular weight is 539 g/mol. The molecule has 3 rings (SSSR count). The third-order valence-corrected chi connectivity index (χ3v) is 7.82. The molecule has 200 valence electrons. The van der Waals surface area contributed by atoms with E-state index in [0.29, 0.717) is 5.56 Å². The van der Waals surface area contributed by atoms with Gasteiger partial charge in [-0.15, -0.1) is 0 Å². The molecule has 0 saturated heterocycles. The molecule has 38 heavy (non-hydrogen) atoms. The van der Waals surface area contributed by atoms with E-state index in [1.807, 2.05) is 0 Å². The lowest BCUT2D eigenvalue weighted by Gasteiger charge is -2.44. The largest absolute Gasteiger partial charge is 0.479 e. The van der Waals surface area contributed by atoms with Crippen molar-refractivity contribution in [3.8, 4) is 0 Å². The quantitative estimate of drug-likeness (QED) is 0.319. The lowest BCUT2D eigenvalue weighted by Crippen LogP contribution is -2.77. The van der Waals surface area contributed by atoms with Gasteiger partial charge in [0.1, 0.15) is 0 Å². The van der Waals surface area contributed by atoms with Crippen LogP contribution < -0.4 is 10.0 Å². The fourth-order valence-electron chi connectivity index (χ4n) is 4.07. The number of carboxylic acids is 1. The Kier molecular flexibility index (Phi) is 8.70. The van der Waals surface area contributed by atoms with Crippen molar-refractivity contribution in [3.63, 3.8) is 0 Å². The fourth-order valence-corrected chi connectivity index (χ4v) is 5.48. The van der Waals surface area contributed by atoms with E-state index in [1.165, 1.54) is 31.2 Å². The van der Waals surface area contributed by atoms with Gasteiger partial charge in [0.25, 0.3) is 5.91 Å². The molecule has 0 aliphatic carbocycles. The van der Waals surface area contributed by atoms with Gasteiger partial charge in [0.2, 0.25) is 10.0 Å². The first-order chi connectivity index (χ1) is 17.9. The number of sulfonamides is 1. The van der Waals surface area contributed by atoms with E-state index in [2.05, 4.69) is 10.0 Å². The number of carbonyl (C=O) groups is 3. The van der Waals surface area contributed by atoms with Crippen LogP contribution >= 0.6 is 0 Å². The van der Waals surface area contributed by atoms with Gasteiger partial charge in [-0.3, -0.25) is 4.79 Å². The second-order valence-electron chi connectivity index (χ2n) is 8.96. The number of aliphatic carboxylic acids is 1. The maximum absolute atomic E-state index is 13.5. The van der Waals surface area contributed by atoms with E-state index in [4.69, 9.17) is 4.74 Å². The number of carbonyl (C=O) groups excluding carboxylic acids is 2. The van der Waals surface area contributed by atoms with Gasteiger partial charge in [0.05, 0.1) is 11.5 Å². The summed E-state index contributed by atoms with van der Waals surface area (Å²) in [6.45, 7) is 4.24. The maximum atomic E-state index is 13.5. The third kappa shape index (κ3) is 5.92. The van der Waals surface area contributed by atoms with Crippen LogP contribution in [-0.4, -0.2) is 49.1 Å². The summed E-state index contributed by atoms with van der Waals surface area (Å²) in [4.78, 5) is 39.8. The second-order valence-corrected chi connectivity index (χ2v) is 10.6. The number of carboxylic acid groups (broad SMARTS) is 1. The standard InChI is InChI=1S/C28H30N2O7S/c1-4-37-26(34)27(3,30-38(35,36)23-17-15-20(2)16-18-23)28(25(32)33,19-21-11-7-5-8-12-21)29-24(31)22-13-9-6-10-14-22/h5-18,30H,4,19H2,1-3H3,(H,29,31)(H,32,33)/t27-,28?/m1/s1. The van der Waals surface area contributed by atoms with Crippen molar-refractivity contribution in [2.24, 2.45) is 0 Å². The Bertz CT molecular complexity index is 1390. The smallest absolute Gasteiger partial charge is 0.332 e. The number of aryl methyl sites for hydroxylation is 1. The van der Waals surface area contributed by atoms with Gasteiger partial charge < -0.3 is 15.2 Å². The molecular formula is C28H30N2O7S. The summed E-state index contributed by atoms with van der Waals surface area (Å²) in [6.07, 6.45) is -0.437. The molecule has 0 aromatic heterocycles. The number of hydrogen-bond acceptors (Lipinski definition) is 6. The van der Waals surface area contributed by atoms with E-state index < -0.39 is 45.4 Å². The summed E-state index contributed by atoms with van der Waals surface area (Å²) < 4.78 is 34.5. The van der Waals surface area contributed by atoms with E-state index in [0.717, 1.165) is 12.5 Å². The summed E-state index contributed by atoms with van der Waals surface area (Å²) in [5, 5.41) is 13.2. The zero-order valence-electron chi connectivity index (χ0n) is 21.3. The summed E-state index contributed by atoms with van der Waals surface area (Å²) in [6, 6.07) is 21.9. The molecule has 0 radical (unpaired) electrons. The molecule has 3 N–H and O–H groups in total. The number of nitrogens with one attached hydrogen (secondary N) is 2. The summed E-state index contributed by atoms with van der Waals surface area (Å²) in [5.41, 5.74) is -3.63. The Balaban J connectivity index is 2.25. The van der Waals surface area contributed by atoms with Crippen molar-refractivity contribution in [2.45, 2.75) is 43.2 Å². The van der Waals surface area contributed by atoms with Gasteiger partial charge in [0, 0.05) is 12.0 Å². The zero-order valence-corrected chi connectivity index (χ0v) is 22.1. The number of hydrogen-bond donors (Lipinski definition) is 3. The molecule has 0 fully saturated rings. The first-order valence-corrected chi connectivity index (χ1v) is 13.4. The van der Waals surface area contributed by atoms with Crippen molar-refractivity contribution in [1.29, 1.82) is 0 Å². The van der Waals surface area contributed by atoms with Crippen LogP contribution in [-0.2, 0) is 30.8 Å². The molecule has 0 saturated carbocycles. The molecule has 0 aliphatic rings. The number of ether oxygens (including phenoxy) is 1. The van der Waals surface area contributed by atoms with Crippen LogP contribution in [0.15, 0.2) is 89.8 Å².